The monoisotopic (exact) mass is 469 g/mol. The van der Waals surface area contributed by atoms with Crippen molar-refractivity contribution in [3.63, 3.8) is 0 Å². The number of carbonyl (C=O) groups excluding carboxylic acids is 3. The Labute approximate surface area is 195 Å². The van der Waals surface area contributed by atoms with Crippen molar-refractivity contribution in [1.82, 2.24) is 4.57 Å². The summed E-state index contributed by atoms with van der Waals surface area (Å²) in [7, 11) is 1.56. The lowest BCUT2D eigenvalue weighted by Crippen LogP contribution is -2.23. The van der Waals surface area contributed by atoms with Gasteiger partial charge in [0, 0.05) is 28.9 Å². The highest BCUT2D eigenvalue weighted by Crippen LogP contribution is 2.44. The third-order valence-electron chi connectivity index (χ3n) is 5.58. The molecular weight excluding hydrogens is 442 g/mol. The molecule has 174 valence electrons. The number of ether oxygens (including phenoxy) is 2. The molecule has 3 aromatic rings. The first-order valence-electron chi connectivity index (χ1n) is 11.0. The van der Waals surface area contributed by atoms with Gasteiger partial charge in [0.1, 0.15) is 17.1 Å². The van der Waals surface area contributed by atoms with E-state index >= 15 is 0 Å². The third-order valence-corrected chi connectivity index (χ3v) is 6.89. The number of esters is 1. The number of rotatable bonds is 7. The lowest BCUT2D eigenvalue weighted by Gasteiger charge is -2.14. The van der Waals surface area contributed by atoms with Crippen LogP contribution in [0, 0.1) is 0 Å². The average Bonchev–Trinajstić information content (AvgIpc) is 3.29. The first kappa shape index (κ1) is 22.8. The zero-order chi connectivity index (χ0) is 23.5. The smallest absolute Gasteiger partial charge is 0.357 e. The van der Waals surface area contributed by atoms with Crippen molar-refractivity contribution in [2.24, 2.45) is 0 Å². The van der Waals surface area contributed by atoms with E-state index in [1.54, 1.807) is 54.2 Å². The molecule has 0 atom stereocenters. The Kier molecular flexibility index (Phi) is 6.69. The number of benzene rings is 1. The SMILES string of the molecule is CCOC(=O)c1c(NC(C)=O)c2c3c(sc2n1CC(=O)Nc1cccc(OC)c1)CCCC3. The molecule has 1 aliphatic carbocycles. The van der Waals surface area contributed by atoms with Crippen LogP contribution in [0.2, 0.25) is 0 Å². The number of thiophene rings is 1. The van der Waals surface area contributed by atoms with Gasteiger partial charge in [0.15, 0.2) is 5.69 Å². The molecule has 2 heterocycles. The summed E-state index contributed by atoms with van der Waals surface area (Å²) < 4.78 is 12.2. The summed E-state index contributed by atoms with van der Waals surface area (Å²) in [5, 5.41) is 6.56. The van der Waals surface area contributed by atoms with Gasteiger partial charge in [0.05, 0.1) is 19.4 Å². The van der Waals surface area contributed by atoms with Crippen LogP contribution < -0.4 is 15.4 Å². The van der Waals surface area contributed by atoms with E-state index in [2.05, 4.69) is 10.6 Å². The first-order chi connectivity index (χ1) is 15.9. The van der Waals surface area contributed by atoms with Crippen LogP contribution in [0.5, 0.6) is 5.75 Å². The van der Waals surface area contributed by atoms with E-state index in [0.29, 0.717) is 17.1 Å². The van der Waals surface area contributed by atoms with Crippen molar-refractivity contribution in [1.29, 1.82) is 0 Å². The lowest BCUT2D eigenvalue weighted by molar-refractivity contribution is -0.116. The molecule has 2 N–H and O–H groups in total. The number of nitrogens with zero attached hydrogens (tertiary/aromatic N) is 1. The molecule has 33 heavy (non-hydrogen) atoms. The van der Waals surface area contributed by atoms with Gasteiger partial charge >= 0.3 is 5.97 Å². The lowest BCUT2D eigenvalue weighted by atomic mass is 9.96. The van der Waals surface area contributed by atoms with Crippen molar-refractivity contribution >= 4 is 50.7 Å². The fourth-order valence-corrected chi connectivity index (χ4v) is 5.66. The number of hydrogen-bond acceptors (Lipinski definition) is 6. The summed E-state index contributed by atoms with van der Waals surface area (Å²) in [5.74, 6) is -0.520. The molecule has 0 aliphatic heterocycles. The number of methoxy groups -OCH3 is 1. The van der Waals surface area contributed by atoms with E-state index in [1.807, 2.05) is 0 Å². The molecule has 0 saturated heterocycles. The van der Waals surface area contributed by atoms with Crippen LogP contribution in [-0.4, -0.2) is 36.1 Å². The minimum absolute atomic E-state index is 0.0964. The van der Waals surface area contributed by atoms with Gasteiger partial charge in [0.25, 0.3) is 0 Å². The number of aromatic nitrogens is 1. The maximum Gasteiger partial charge on any atom is 0.357 e. The van der Waals surface area contributed by atoms with Gasteiger partial charge in [-0.3, -0.25) is 9.59 Å². The Hall–Kier alpha value is -3.33. The number of fused-ring (bicyclic) bond motifs is 3. The number of carbonyl (C=O) groups is 3. The zero-order valence-electron chi connectivity index (χ0n) is 18.9. The molecule has 0 unspecified atom stereocenters. The van der Waals surface area contributed by atoms with Gasteiger partial charge in [-0.1, -0.05) is 6.07 Å². The van der Waals surface area contributed by atoms with E-state index in [0.717, 1.165) is 41.5 Å². The van der Waals surface area contributed by atoms with E-state index in [-0.39, 0.29) is 30.7 Å². The average molecular weight is 470 g/mol. The molecule has 0 fully saturated rings. The third kappa shape index (κ3) is 4.59. The Morgan fingerprint density at radius 3 is 2.67 bits per heavy atom. The Bertz CT molecular complexity index is 1230. The number of aryl methyl sites for hydroxylation is 2. The number of hydrogen-bond donors (Lipinski definition) is 2. The summed E-state index contributed by atoms with van der Waals surface area (Å²) >= 11 is 1.58. The summed E-state index contributed by atoms with van der Waals surface area (Å²) in [6, 6.07) is 7.07. The molecule has 9 heteroatoms. The maximum absolute atomic E-state index is 13.0. The second kappa shape index (κ2) is 9.66. The number of amides is 2. The standard InChI is InChI=1S/C24H27N3O5S/c1-4-32-24(30)22-21(25-14(2)28)20-17-10-5-6-11-18(17)33-23(20)27(22)13-19(29)26-15-8-7-9-16(12-15)31-3/h7-9,12H,4-6,10-11,13H2,1-3H3,(H,25,28)(H,26,29). The molecule has 4 rings (SSSR count). The summed E-state index contributed by atoms with van der Waals surface area (Å²) in [5.41, 5.74) is 2.38. The van der Waals surface area contributed by atoms with Gasteiger partial charge in [-0.05, 0) is 50.3 Å². The first-order valence-corrected chi connectivity index (χ1v) is 11.8. The van der Waals surface area contributed by atoms with Crippen LogP contribution in [0.15, 0.2) is 24.3 Å². The maximum atomic E-state index is 13.0. The van der Waals surface area contributed by atoms with Crippen LogP contribution in [0.25, 0.3) is 10.2 Å². The summed E-state index contributed by atoms with van der Waals surface area (Å²) in [4.78, 5) is 40.1. The van der Waals surface area contributed by atoms with Gasteiger partial charge in [-0.2, -0.15) is 0 Å². The van der Waals surface area contributed by atoms with Gasteiger partial charge in [-0.25, -0.2) is 4.79 Å². The molecule has 0 saturated carbocycles. The van der Waals surface area contributed by atoms with E-state index < -0.39 is 5.97 Å². The Morgan fingerprint density at radius 2 is 1.94 bits per heavy atom. The Balaban J connectivity index is 1.80. The molecule has 2 amide bonds. The molecular formula is C24H27N3O5S. The highest BCUT2D eigenvalue weighted by molar-refractivity contribution is 7.19. The van der Waals surface area contributed by atoms with Crippen LogP contribution >= 0.6 is 11.3 Å². The van der Waals surface area contributed by atoms with Crippen molar-refractivity contribution in [2.75, 3.05) is 24.4 Å². The molecule has 0 spiro atoms. The number of anilines is 2. The van der Waals surface area contributed by atoms with E-state index in [1.165, 1.54) is 11.8 Å². The number of nitrogens with one attached hydrogen (secondary N) is 2. The second-order valence-electron chi connectivity index (χ2n) is 7.88. The minimum atomic E-state index is -0.566. The van der Waals surface area contributed by atoms with Crippen molar-refractivity contribution in [2.45, 2.75) is 46.1 Å². The summed E-state index contributed by atoms with van der Waals surface area (Å²) in [6.07, 6.45) is 3.99. The molecule has 0 radical (unpaired) electrons. The van der Waals surface area contributed by atoms with Gasteiger partial charge < -0.3 is 24.7 Å². The highest BCUT2D eigenvalue weighted by atomic mass is 32.1. The predicted molar refractivity (Wildman–Crippen MR) is 128 cm³/mol. The van der Waals surface area contributed by atoms with Gasteiger partial charge in [0.2, 0.25) is 11.8 Å². The van der Waals surface area contributed by atoms with Crippen molar-refractivity contribution in [3.8, 4) is 5.75 Å². The molecule has 1 aliphatic rings. The zero-order valence-corrected chi connectivity index (χ0v) is 19.8. The van der Waals surface area contributed by atoms with E-state index in [4.69, 9.17) is 9.47 Å². The molecule has 8 nitrogen and oxygen atoms in total. The predicted octanol–water partition coefficient (Wildman–Crippen LogP) is 4.36. The second-order valence-corrected chi connectivity index (χ2v) is 8.97. The fourth-order valence-electron chi connectivity index (χ4n) is 4.26. The normalized spacial score (nSPS) is 12.8. The molecule has 0 bridgehead atoms. The summed E-state index contributed by atoms with van der Waals surface area (Å²) in [6.45, 7) is 3.22. The van der Waals surface area contributed by atoms with E-state index in [9.17, 15) is 14.4 Å². The van der Waals surface area contributed by atoms with Gasteiger partial charge in [-0.15, -0.1) is 11.3 Å². The Morgan fingerprint density at radius 1 is 1.15 bits per heavy atom. The highest BCUT2D eigenvalue weighted by Gasteiger charge is 2.31. The largest absolute Gasteiger partial charge is 0.497 e. The fraction of sp³-hybridized carbons (Fsp3) is 0.375. The molecule has 2 aromatic heterocycles. The van der Waals surface area contributed by atoms with Crippen LogP contribution in [0.4, 0.5) is 11.4 Å². The van der Waals surface area contributed by atoms with Crippen molar-refractivity contribution in [3.05, 3.63) is 40.4 Å². The topological polar surface area (TPSA) is 98.7 Å². The van der Waals surface area contributed by atoms with Crippen LogP contribution in [0.1, 0.15) is 47.6 Å². The minimum Gasteiger partial charge on any atom is -0.497 e. The van der Waals surface area contributed by atoms with Crippen LogP contribution in [0.3, 0.4) is 0 Å². The van der Waals surface area contributed by atoms with Crippen LogP contribution in [-0.2, 0) is 33.7 Å². The quantitative estimate of drug-likeness (QED) is 0.501. The van der Waals surface area contributed by atoms with Crippen molar-refractivity contribution < 1.29 is 23.9 Å². The molecule has 1 aromatic carbocycles.